The Labute approximate surface area is 200 Å². The number of para-hydroxylation sites is 1. The summed E-state index contributed by atoms with van der Waals surface area (Å²) >= 11 is 1.59. The number of anilines is 1. The quantitative estimate of drug-likeness (QED) is 0.414. The van der Waals surface area contributed by atoms with Gasteiger partial charge in [0.25, 0.3) is 0 Å². The van der Waals surface area contributed by atoms with Crippen LogP contribution >= 0.6 is 11.3 Å². The summed E-state index contributed by atoms with van der Waals surface area (Å²) in [5.41, 5.74) is 2.28. The highest BCUT2D eigenvalue weighted by atomic mass is 32.2. The number of benzene rings is 2. The van der Waals surface area contributed by atoms with Crippen LogP contribution in [0.3, 0.4) is 0 Å². The third-order valence-corrected chi connectivity index (χ3v) is 8.69. The summed E-state index contributed by atoms with van der Waals surface area (Å²) in [6.45, 7) is 1.10. The largest absolute Gasteiger partial charge is 0.419 e. The van der Waals surface area contributed by atoms with E-state index in [4.69, 9.17) is 4.42 Å². The van der Waals surface area contributed by atoms with E-state index in [2.05, 4.69) is 5.32 Å². The number of oxazole rings is 1. The number of aryl methyl sites for hydroxylation is 1. The lowest BCUT2D eigenvalue weighted by atomic mass is 10.1. The normalized spacial score (nSPS) is 14.6. The Hall–Kier alpha value is -3.21. The van der Waals surface area contributed by atoms with Crippen LogP contribution in [0.15, 0.2) is 74.1 Å². The molecule has 0 bridgehead atoms. The molecule has 1 N–H and O–H groups in total. The van der Waals surface area contributed by atoms with Gasteiger partial charge < -0.3 is 9.73 Å². The molecule has 1 aliphatic rings. The van der Waals surface area contributed by atoms with Gasteiger partial charge in [-0.1, -0.05) is 24.3 Å². The lowest BCUT2D eigenvalue weighted by Crippen LogP contribution is -2.27. The van der Waals surface area contributed by atoms with E-state index >= 15 is 0 Å². The Bertz CT molecular complexity index is 1500. The molecule has 5 rings (SSSR count). The Kier molecular flexibility index (Phi) is 6.11. The van der Waals surface area contributed by atoms with Crippen molar-refractivity contribution in [2.24, 2.45) is 0 Å². The maximum Gasteiger partial charge on any atom is 0.419 e. The molecular weight excluding hydrogens is 474 g/mol. The van der Waals surface area contributed by atoms with Crippen molar-refractivity contribution in [3.63, 3.8) is 0 Å². The molecule has 0 radical (unpaired) electrons. The third kappa shape index (κ3) is 4.31. The van der Waals surface area contributed by atoms with Gasteiger partial charge in [-0.3, -0.25) is 9.36 Å². The second-order valence-electron chi connectivity index (χ2n) is 8.08. The van der Waals surface area contributed by atoms with Crippen LogP contribution in [0.1, 0.15) is 19.3 Å². The first kappa shape index (κ1) is 22.6. The fourth-order valence-electron chi connectivity index (χ4n) is 4.16. The van der Waals surface area contributed by atoms with Crippen molar-refractivity contribution in [3.05, 3.63) is 70.5 Å². The third-order valence-electron chi connectivity index (χ3n) is 5.89. The molecule has 0 unspecified atom stereocenters. The second kappa shape index (κ2) is 9.21. The van der Waals surface area contributed by atoms with E-state index in [0.29, 0.717) is 24.3 Å². The molecule has 0 atom stereocenters. The number of fused-ring (bicyclic) bond motifs is 1. The number of rotatable bonds is 7. The molecule has 34 heavy (non-hydrogen) atoms. The van der Waals surface area contributed by atoms with Gasteiger partial charge in [0.1, 0.15) is 0 Å². The number of hydrogen-bond donors (Lipinski definition) is 1. The average molecular weight is 498 g/mol. The summed E-state index contributed by atoms with van der Waals surface area (Å²) in [6, 6.07) is 15.9. The summed E-state index contributed by atoms with van der Waals surface area (Å²) in [4.78, 5) is 26.3. The molecule has 4 aromatic rings. The van der Waals surface area contributed by atoms with Crippen LogP contribution in [-0.4, -0.2) is 36.3 Å². The van der Waals surface area contributed by atoms with Crippen molar-refractivity contribution in [2.75, 3.05) is 18.4 Å². The fraction of sp³-hybridized carbons (Fsp3) is 0.250. The number of nitrogens with one attached hydrogen (secondary N) is 1. The van der Waals surface area contributed by atoms with Crippen LogP contribution in [0.4, 0.5) is 5.69 Å². The van der Waals surface area contributed by atoms with E-state index in [1.807, 2.05) is 41.8 Å². The smallest absolute Gasteiger partial charge is 0.408 e. The minimum Gasteiger partial charge on any atom is -0.408 e. The van der Waals surface area contributed by atoms with Gasteiger partial charge in [0.2, 0.25) is 15.9 Å². The number of nitrogens with zero attached hydrogens (tertiary/aromatic N) is 2. The maximum absolute atomic E-state index is 12.8. The van der Waals surface area contributed by atoms with Crippen LogP contribution in [0.2, 0.25) is 0 Å². The zero-order chi connectivity index (χ0) is 23.7. The number of sulfonamides is 1. The van der Waals surface area contributed by atoms with E-state index in [-0.39, 0.29) is 29.4 Å². The van der Waals surface area contributed by atoms with Crippen LogP contribution in [-0.2, 0) is 21.4 Å². The van der Waals surface area contributed by atoms with Crippen LogP contribution in [0.25, 0.3) is 21.5 Å². The second-order valence-corrected chi connectivity index (χ2v) is 11.0. The van der Waals surface area contributed by atoms with Gasteiger partial charge in [-0.15, -0.1) is 11.3 Å². The minimum absolute atomic E-state index is 0.0567. The Morgan fingerprint density at radius 2 is 1.85 bits per heavy atom. The Balaban J connectivity index is 1.33. The summed E-state index contributed by atoms with van der Waals surface area (Å²) in [5.74, 6) is -0.865. The first-order chi connectivity index (χ1) is 16.4. The van der Waals surface area contributed by atoms with Gasteiger partial charge in [-0.05, 0) is 42.5 Å². The SMILES string of the molecule is O=C(CCn1c(=O)oc2cc(S(=O)(=O)N3CCCC3)ccc21)Nc1ccccc1-c1cccs1. The van der Waals surface area contributed by atoms with Crippen molar-refractivity contribution >= 4 is 44.1 Å². The number of aromatic nitrogens is 1. The van der Waals surface area contributed by atoms with E-state index in [9.17, 15) is 18.0 Å². The standard InChI is InChI=1S/C24H23N3O5S2/c28-23(25-19-7-2-1-6-18(19)22-8-5-15-33-22)11-14-27-20-10-9-17(16-21(20)32-24(27)29)34(30,31)26-12-3-4-13-26/h1-2,5-10,15-16H,3-4,11-14H2,(H,25,28). The van der Waals surface area contributed by atoms with Gasteiger partial charge in [0, 0.05) is 48.2 Å². The summed E-state index contributed by atoms with van der Waals surface area (Å²) in [7, 11) is -3.62. The predicted molar refractivity (Wildman–Crippen MR) is 131 cm³/mol. The molecule has 0 saturated carbocycles. The molecule has 0 aliphatic carbocycles. The maximum atomic E-state index is 12.8. The van der Waals surface area contributed by atoms with Gasteiger partial charge in [0.05, 0.1) is 10.4 Å². The van der Waals surface area contributed by atoms with E-state index in [1.54, 1.807) is 17.4 Å². The van der Waals surface area contributed by atoms with Crippen molar-refractivity contribution < 1.29 is 17.6 Å². The molecule has 1 fully saturated rings. The number of amides is 1. The first-order valence-corrected chi connectivity index (χ1v) is 13.3. The highest BCUT2D eigenvalue weighted by Crippen LogP contribution is 2.31. The number of carbonyl (C=O) groups is 1. The highest BCUT2D eigenvalue weighted by Gasteiger charge is 2.28. The minimum atomic E-state index is -3.62. The summed E-state index contributed by atoms with van der Waals surface area (Å²) < 4.78 is 33.7. The van der Waals surface area contributed by atoms with Gasteiger partial charge in [0.15, 0.2) is 5.58 Å². The lowest BCUT2D eigenvalue weighted by molar-refractivity contribution is -0.116. The molecule has 10 heteroatoms. The number of thiophene rings is 1. The van der Waals surface area contributed by atoms with Gasteiger partial charge in [-0.25, -0.2) is 13.2 Å². The molecule has 8 nitrogen and oxygen atoms in total. The predicted octanol–water partition coefficient (Wildman–Crippen LogP) is 4.14. The molecule has 1 saturated heterocycles. The molecule has 0 spiro atoms. The van der Waals surface area contributed by atoms with Crippen LogP contribution in [0, 0.1) is 0 Å². The topological polar surface area (TPSA) is 102 Å². The number of hydrogen-bond acceptors (Lipinski definition) is 6. The van der Waals surface area contributed by atoms with Gasteiger partial charge in [-0.2, -0.15) is 4.31 Å². The molecule has 2 aromatic carbocycles. The Morgan fingerprint density at radius 3 is 2.62 bits per heavy atom. The molecule has 1 amide bonds. The summed E-state index contributed by atoms with van der Waals surface area (Å²) in [6.07, 6.45) is 1.74. The van der Waals surface area contributed by atoms with E-state index in [1.165, 1.54) is 21.0 Å². The molecule has 1 aliphatic heterocycles. The summed E-state index contributed by atoms with van der Waals surface area (Å²) in [5, 5.41) is 4.90. The van der Waals surface area contributed by atoms with Gasteiger partial charge >= 0.3 is 5.76 Å². The van der Waals surface area contributed by atoms with Crippen molar-refractivity contribution in [3.8, 4) is 10.4 Å². The molecule has 176 valence electrons. The van der Waals surface area contributed by atoms with Crippen molar-refractivity contribution in [2.45, 2.75) is 30.7 Å². The van der Waals surface area contributed by atoms with E-state index < -0.39 is 15.8 Å². The monoisotopic (exact) mass is 497 g/mol. The first-order valence-electron chi connectivity index (χ1n) is 11.0. The Morgan fingerprint density at radius 1 is 1.06 bits per heavy atom. The lowest BCUT2D eigenvalue weighted by Gasteiger charge is -2.15. The molecule has 3 heterocycles. The average Bonchev–Trinajstić information content (AvgIpc) is 3.59. The van der Waals surface area contributed by atoms with Crippen LogP contribution < -0.4 is 11.1 Å². The highest BCUT2D eigenvalue weighted by molar-refractivity contribution is 7.89. The van der Waals surface area contributed by atoms with Crippen molar-refractivity contribution in [1.82, 2.24) is 8.87 Å². The zero-order valence-corrected chi connectivity index (χ0v) is 19.9. The zero-order valence-electron chi connectivity index (χ0n) is 18.3. The van der Waals surface area contributed by atoms with E-state index in [0.717, 1.165) is 23.3 Å². The fourth-order valence-corrected chi connectivity index (χ4v) is 6.46. The number of carbonyl (C=O) groups excluding carboxylic acids is 1. The molecular formula is C24H23N3O5S2. The van der Waals surface area contributed by atoms with Crippen LogP contribution in [0.5, 0.6) is 0 Å². The molecule has 2 aromatic heterocycles. The van der Waals surface area contributed by atoms with Crippen molar-refractivity contribution in [1.29, 1.82) is 0 Å².